The maximum absolute atomic E-state index is 12.7. The van der Waals surface area contributed by atoms with E-state index in [9.17, 15) is 18.0 Å². The highest BCUT2D eigenvalue weighted by Gasteiger charge is 2.34. The van der Waals surface area contributed by atoms with Gasteiger partial charge < -0.3 is 16.8 Å². The molecule has 1 heterocycles. The molecule has 21 heavy (non-hydrogen) atoms. The zero-order chi connectivity index (χ0) is 16.4. The van der Waals surface area contributed by atoms with Crippen LogP contribution in [0.3, 0.4) is 0 Å². The molecule has 1 amide bonds. The van der Waals surface area contributed by atoms with Crippen molar-refractivity contribution in [3.63, 3.8) is 0 Å². The molecule has 0 aliphatic carbocycles. The predicted octanol–water partition coefficient (Wildman–Crippen LogP) is 1.80. The van der Waals surface area contributed by atoms with E-state index in [1.165, 1.54) is 0 Å². The number of aromatic nitrogens is 1. The Balaban J connectivity index is 3.24. The zero-order valence-corrected chi connectivity index (χ0v) is 12.2. The van der Waals surface area contributed by atoms with Gasteiger partial charge in [0.1, 0.15) is 16.5 Å². The van der Waals surface area contributed by atoms with Crippen molar-refractivity contribution < 1.29 is 18.0 Å². The van der Waals surface area contributed by atoms with E-state index in [1.54, 1.807) is 13.8 Å². The van der Waals surface area contributed by atoms with Crippen molar-refractivity contribution in [1.29, 1.82) is 0 Å². The minimum atomic E-state index is -4.60. The number of thiocarbonyl (C=S) groups is 1. The average molecular weight is 320 g/mol. The number of alkyl halides is 3. The second kappa shape index (κ2) is 5.84. The number of amides is 1. The Morgan fingerprint density at radius 1 is 1.33 bits per heavy atom. The van der Waals surface area contributed by atoms with Crippen LogP contribution in [0.4, 0.5) is 19.0 Å². The third-order valence-electron chi connectivity index (χ3n) is 2.52. The Bertz CT molecular complexity index is 572. The molecular formula is C12H15F3N4OS. The van der Waals surface area contributed by atoms with Gasteiger partial charge in [-0.05, 0) is 26.0 Å². The summed E-state index contributed by atoms with van der Waals surface area (Å²) in [6, 6.07) is 1.93. The number of rotatable bonds is 5. The van der Waals surface area contributed by atoms with Crippen molar-refractivity contribution in [1.82, 2.24) is 4.98 Å². The lowest BCUT2D eigenvalue weighted by Crippen LogP contribution is -2.37. The Morgan fingerprint density at radius 2 is 1.90 bits per heavy atom. The lowest BCUT2D eigenvalue weighted by molar-refractivity contribution is -0.141. The molecule has 0 radical (unpaired) electrons. The van der Waals surface area contributed by atoms with E-state index < -0.39 is 23.3 Å². The number of nitrogens with two attached hydrogens (primary N) is 2. The Hall–Kier alpha value is -1.90. The molecule has 1 rings (SSSR count). The van der Waals surface area contributed by atoms with Gasteiger partial charge in [-0.25, -0.2) is 4.98 Å². The van der Waals surface area contributed by atoms with Gasteiger partial charge in [0.2, 0.25) is 5.91 Å². The lowest BCUT2D eigenvalue weighted by Gasteiger charge is -2.27. The van der Waals surface area contributed by atoms with Crippen molar-refractivity contribution in [3.8, 4) is 0 Å². The number of halogens is 3. The van der Waals surface area contributed by atoms with Gasteiger partial charge in [0.15, 0.2) is 0 Å². The molecule has 0 aliphatic heterocycles. The molecule has 5 nitrogen and oxygen atoms in total. The number of anilines is 1. The largest absolute Gasteiger partial charge is 0.433 e. The van der Waals surface area contributed by atoms with E-state index in [-0.39, 0.29) is 22.8 Å². The molecule has 116 valence electrons. The summed E-state index contributed by atoms with van der Waals surface area (Å²) in [5.41, 5.74) is 8.75. The van der Waals surface area contributed by atoms with Crippen LogP contribution in [0.2, 0.25) is 0 Å². The summed E-state index contributed by atoms with van der Waals surface area (Å²) in [7, 11) is 0. The number of carbonyl (C=O) groups excluding carboxylic acids is 1. The summed E-state index contributed by atoms with van der Waals surface area (Å²) in [6.45, 7) is 3.20. The molecule has 0 saturated carbocycles. The van der Waals surface area contributed by atoms with Crippen molar-refractivity contribution in [2.24, 2.45) is 11.5 Å². The van der Waals surface area contributed by atoms with Crippen molar-refractivity contribution >= 4 is 28.9 Å². The van der Waals surface area contributed by atoms with Gasteiger partial charge in [-0.2, -0.15) is 13.2 Å². The van der Waals surface area contributed by atoms with E-state index in [0.29, 0.717) is 0 Å². The molecule has 0 unspecified atom stereocenters. The van der Waals surface area contributed by atoms with E-state index in [2.05, 4.69) is 10.3 Å². The number of hydrogen-bond donors (Lipinski definition) is 3. The molecule has 0 bridgehead atoms. The first-order valence-corrected chi connectivity index (χ1v) is 6.28. The normalized spacial score (nSPS) is 12.0. The van der Waals surface area contributed by atoms with E-state index >= 15 is 0 Å². The van der Waals surface area contributed by atoms with Crippen molar-refractivity contribution in [3.05, 3.63) is 23.4 Å². The van der Waals surface area contributed by atoms with E-state index in [4.69, 9.17) is 23.7 Å². The molecule has 0 spiro atoms. The fraction of sp³-hybridized carbons (Fsp3) is 0.417. The molecule has 1 aromatic heterocycles. The Kier molecular flexibility index (Phi) is 4.77. The fourth-order valence-electron chi connectivity index (χ4n) is 1.71. The van der Waals surface area contributed by atoms with Crippen molar-refractivity contribution in [2.75, 3.05) is 5.32 Å². The molecule has 0 aromatic carbocycles. The smallest absolute Gasteiger partial charge is 0.389 e. The highest BCUT2D eigenvalue weighted by molar-refractivity contribution is 7.80. The highest BCUT2D eigenvalue weighted by atomic mass is 32.1. The summed E-state index contributed by atoms with van der Waals surface area (Å²) in [5, 5.41) is 2.73. The second-order valence-corrected chi connectivity index (χ2v) is 5.55. The van der Waals surface area contributed by atoms with Crippen LogP contribution in [-0.2, 0) is 11.0 Å². The quantitative estimate of drug-likeness (QED) is 0.719. The Morgan fingerprint density at radius 3 is 2.33 bits per heavy atom. The minimum absolute atomic E-state index is 0.0955. The van der Waals surface area contributed by atoms with Crippen LogP contribution in [0, 0.1) is 0 Å². The van der Waals surface area contributed by atoms with Gasteiger partial charge in [-0.1, -0.05) is 12.2 Å². The molecular weight excluding hydrogens is 305 g/mol. The van der Waals surface area contributed by atoms with Crippen LogP contribution in [0.25, 0.3) is 0 Å². The number of primary amides is 1. The summed E-state index contributed by atoms with van der Waals surface area (Å²) in [5.74, 6) is -0.736. The number of nitrogens with one attached hydrogen (secondary N) is 1. The van der Waals surface area contributed by atoms with Crippen molar-refractivity contribution in [2.45, 2.75) is 32.0 Å². The predicted molar refractivity (Wildman–Crippen MR) is 76.6 cm³/mol. The molecule has 1 aromatic rings. The minimum Gasteiger partial charge on any atom is -0.389 e. The topological polar surface area (TPSA) is 94.0 Å². The van der Waals surface area contributed by atoms with Crippen LogP contribution in [0.1, 0.15) is 31.5 Å². The first-order valence-electron chi connectivity index (χ1n) is 5.87. The average Bonchev–Trinajstić information content (AvgIpc) is 2.24. The van der Waals surface area contributed by atoms with E-state index in [1.807, 2.05) is 0 Å². The standard InChI is InChI=1S/C12H15F3N4OS/c1-11(2,5-8(16)20)19-10-6(9(17)21)3-4-7(18-10)12(13,14)15/h3-4H,5H2,1-2H3,(H2,16,20)(H2,17,21)(H,18,19). The molecule has 0 atom stereocenters. The van der Waals surface area contributed by atoms with Gasteiger partial charge in [-0.15, -0.1) is 0 Å². The number of carbonyl (C=O) groups is 1. The van der Waals surface area contributed by atoms with Crippen LogP contribution in [-0.4, -0.2) is 21.4 Å². The first kappa shape index (κ1) is 17.2. The maximum atomic E-state index is 12.7. The van der Waals surface area contributed by atoms with Gasteiger partial charge in [-0.3, -0.25) is 4.79 Å². The first-order chi connectivity index (χ1) is 9.42. The molecule has 0 aliphatic rings. The van der Waals surface area contributed by atoms with Crippen LogP contribution in [0.15, 0.2) is 12.1 Å². The zero-order valence-electron chi connectivity index (χ0n) is 11.4. The SMILES string of the molecule is CC(C)(CC(N)=O)Nc1nc(C(F)(F)F)ccc1C(N)=S. The Labute approximate surface area is 124 Å². The summed E-state index contributed by atoms with van der Waals surface area (Å²) < 4.78 is 38.1. The monoisotopic (exact) mass is 320 g/mol. The number of nitrogens with zero attached hydrogens (tertiary/aromatic N) is 1. The van der Waals surface area contributed by atoms with E-state index in [0.717, 1.165) is 12.1 Å². The van der Waals surface area contributed by atoms with Crippen LogP contribution in [0.5, 0.6) is 0 Å². The fourth-order valence-corrected chi connectivity index (χ4v) is 1.88. The third-order valence-corrected chi connectivity index (χ3v) is 2.74. The molecule has 5 N–H and O–H groups in total. The van der Waals surface area contributed by atoms with Crippen LogP contribution >= 0.6 is 12.2 Å². The molecule has 0 saturated heterocycles. The van der Waals surface area contributed by atoms with Gasteiger partial charge in [0.05, 0.1) is 5.56 Å². The molecule has 9 heteroatoms. The summed E-state index contributed by atoms with van der Waals surface area (Å²) >= 11 is 4.79. The lowest BCUT2D eigenvalue weighted by atomic mass is 10.00. The second-order valence-electron chi connectivity index (χ2n) is 5.11. The van der Waals surface area contributed by atoms with Crippen LogP contribution < -0.4 is 16.8 Å². The number of pyridine rings is 1. The van der Waals surface area contributed by atoms with Gasteiger partial charge >= 0.3 is 6.18 Å². The summed E-state index contributed by atoms with van der Waals surface area (Å²) in [6.07, 6.45) is -4.69. The summed E-state index contributed by atoms with van der Waals surface area (Å²) in [4.78, 5) is 14.4. The number of hydrogen-bond acceptors (Lipinski definition) is 4. The van der Waals surface area contributed by atoms with Gasteiger partial charge in [0.25, 0.3) is 0 Å². The van der Waals surface area contributed by atoms with Gasteiger partial charge in [0, 0.05) is 12.0 Å². The maximum Gasteiger partial charge on any atom is 0.433 e. The molecule has 0 fully saturated rings. The highest BCUT2D eigenvalue weighted by Crippen LogP contribution is 2.30. The third kappa shape index (κ3) is 4.85.